The van der Waals surface area contributed by atoms with Gasteiger partial charge in [0.15, 0.2) is 0 Å². The van der Waals surface area contributed by atoms with Crippen LogP contribution in [0.1, 0.15) is 0 Å². The fourth-order valence-corrected chi connectivity index (χ4v) is 0.743. The monoisotopic (exact) mass is 198 g/mol. The Hall–Kier alpha value is -1.09. The topological polar surface area (TPSA) is 71.8 Å². The molecular formula is C8H7N4NaO. The molecule has 0 bridgehead atoms. The van der Waals surface area contributed by atoms with Crippen LogP contribution >= 0.6 is 0 Å². The van der Waals surface area contributed by atoms with Crippen LogP contribution in [-0.4, -0.2) is 7.11 Å². The molecule has 0 unspecified atom stereocenters. The van der Waals surface area contributed by atoms with E-state index in [0.717, 1.165) is 5.75 Å². The number of hydrogen-bond acceptors (Lipinski definition) is 4. The second kappa shape index (κ2) is 7.33. The molecule has 66 valence electrons. The second-order valence-corrected chi connectivity index (χ2v) is 2.09. The van der Waals surface area contributed by atoms with E-state index in [2.05, 4.69) is 15.8 Å². The van der Waals surface area contributed by atoms with Crippen LogP contribution in [0, 0.1) is 11.5 Å². The van der Waals surface area contributed by atoms with Crippen molar-refractivity contribution in [2.24, 2.45) is 10.3 Å². The predicted octanol–water partition coefficient (Wildman–Crippen LogP) is -0.447. The third kappa shape index (κ3) is 4.23. The minimum absolute atomic E-state index is 0. The van der Waals surface area contributed by atoms with Gasteiger partial charge in [0.25, 0.3) is 0 Å². The first kappa shape index (κ1) is 12.9. The van der Waals surface area contributed by atoms with Gasteiger partial charge < -0.3 is 10.00 Å². The molecule has 0 aliphatic carbocycles. The Labute approximate surface area is 104 Å². The molecule has 0 N–H and O–H groups in total. The summed E-state index contributed by atoms with van der Waals surface area (Å²) < 4.78 is 4.95. The number of rotatable bonds is 3. The Bertz CT molecular complexity index is 330. The molecule has 0 spiro atoms. The SMILES string of the molecule is COc1ccc(N=N[N-]C#N)cc1.[Na+]. The van der Waals surface area contributed by atoms with Crippen molar-refractivity contribution in [3.63, 3.8) is 0 Å². The van der Waals surface area contributed by atoms with Crippen molar-refractivity contribution < 1.29 is 34.3 Å². The van der Waals surface area contributed by atoms with E-state index in [1.165, 1.54) is 6.19 Å². The summed E-state index contributed by atoms with van der Waals surface area (Å²) in [5, 5.41) is 15.0. The summed E-state index contributed by atoms with van der Waals surface area (Å²) in [6, 6.07) is 6.94. The molecule has 6 heteroatoms. The van der Waals surface area contributed by atoms with Gasteiger partial charge in [0.05, 0.1) is 7.11 Å². The number of methoxy groups -OCH3 is 1. The zero-order valence-corrected chi connectivity index (χ0v) is 10.0. The largest absolute Gasteiger partial charge is 1.00 e. The Morgan fingerprint density at radius 1 is 1.36 bits per heavy atom. The molecule has 0 radical (unpaired) electrons. The Kier molecular flexibility index (Phi) is 6.76. The third-order valence-electron chi connectivity index (χ3n) is 1.32. The summed E-state index contributed by atoms with van der Waals surface area (Å²) in [6.45, 7) is 0. The number of nitriles is 1. The van der Waals surface area contributed by atoms with Crippen LogP contribution in [0.25, 0.3) is 5.43 Å². The molecule has 0 aromatic heterocycles. The smallest absolute Gasteiger partial charge is 0.497 e. The standard InChI is InChI=1S/C8H7N4O.Na/c1-13-8-4-2-7(3-5-8)11-12-10-6-9;/h2-5H,1H3;/q-1;+1. The van der Waals surface area contributed by atoms with Gasteiger partial charge in [0.2, 0.25) is 0 Å². The summed E-state index contributed by atoms with van der Waals surface area (Å²) in [6.07, 6.45) is 1.50. The molecule has 0 aliphatic rings. The van der Waals surface area contributed by atoms with E-state index in [1.54, 1.807) is 31.4 Å². The maximum atomic E-state index is 8.04. The van der Waals surface area contributed by atoms with E-state index >= 15 is 0 Å². The fourth-order valence-electron chi connectivity index (χ4n) is 0.743. The number of benzene rings is 1. The van der Waals surface area contributed by atoms with Gasteiger partial charge in [-0.15, -0.1) is 0 Å². The van der Waals surface area contributed by atoms with Gasteiger partial charge in [-0.05, 0) is 24.3 Å². The van der Waals surface area contributed by atoms with Crippen LogP contribution in [0.4, 0.5) is 5.69 Å². The molecule has 0 aliphatic heterocycles. The molecule has 0 saturated carbocycles. The van der Waals surface area contributed by atoms with Crippen molar-refractivity contribution in [2.75, 3.05) is 7.11 Å². The van der Waals surface area contributed by atoms with Crippen LogP contribution in [0.2, 0.25) is 0 Å². The van der Waals surface area contributed by atoms with Crippen LogP contribution in [-0.2, 0) is 0 Å². The molecule has 0 fully saturated rings. The molecule has 0 amide bonds. The van der Waals surface area contributed by atoms with Crippen LogP contribution < -0.4 is 34.3 Å². The van der Waals surface area contributed by atoms with Crippen molar-refractivity contribution in [1.29, 1.82) is 5.26 Å². The molecular weight excluding hydrogens is 191 g/mol. The van der Waals surface area contributed by atoms with Gasteiger partial charge >= 0.3 is 29.6 Å². The van der Waals surface area contributed by atoms with E-state index in [4.69, 9.17) is 10.00 Å². The van der Waals surface area contributed by atoms with Crippen molar-refractivity contribution in [3.8, 4) is 11.9 Å². The molecule has 1 aromatic rings. The number of nitrogens with zero attached hydrogens (tertiary/aromatic N) is 4. The Morgan fingerprint density at radius 3 is 2.50 bits per heavy atom. The summed E-state index contributed by atoms with van der Waals surface area (Å²) in [4.78, 5) is 0. The van der Waals surface area contributed by atoms with E-state index in [0.29, 0.717) is 5.69 Å². The van der Waals surface area contributed by atoms with Gasteiger partial charge in [0, 0.05) is 11.9 Å². The van der Waals surface area contributed by atoms with Gasteiger partial charge in [-0.1, -0.05) is 0 Å². The molecule has 14 heavy (non-hydrogen) atoms. The number of ether oxygens (including phenoxy) is 1. The first-order valence-corrected chi connectivity index (χ1v) is 3.50. The third-order valence-corrected chi connectivity index (χ3v) is 1.32. The van der Waals surface area contributed by atoms with E-state index in [1.807, 2.05) is 0 Å². The zero-order chi connectivity index (χ0) is 9.52. The molecule has 1 rings (SSSR count). The summed E-state index contributed by atoms with van der Waals surface area (Å²) >= 11 is 0. The zero-order valence-electron chi connectivity index (χ0n) is 8.01. The summed E-state index contributed by atoms with van der Waals surface area (Å²) in [5.74, 6) is 0.746. The maximum absolute atomic E-state index is 8.04. The van der Waals surface area contributed by atoms with Crippen LogP contribution in [0.5, 0.6) is 5.75 Å². The average molecular weight is 198 g/mol. The minimum atomic E-state index is 0. The van der Waals surface area contributed by atoms with Crippen molar-refractivity contribution in [1.82, 2.24) is 0 Å². The molecule has 0 saturated heterocycles. The Morgan fingerprint density at radius 2 is 2.00 bits per heavy atom. The predicted molar refractivity (Wildman–Crippen MR) is 46.5 cm³/mol. The van der Waals surface area contributed by atoms with Gasteiger partial charge in [0.1, 0.15) is 5.75 Å². The molecule has 5 nitrogen and oxygen atoms in total. The van der Waals surface area contributed by atoms with Crippen molar-refractivity contribution in [3.05, 3.63) is 29.7 Å². The second-order valence-electron chi connectivity index (χ2n) is 2.09. The average Bonchev–Trinajstić information content (AvgIpc) is 2.19. The van der Waals surface area contributed by atoms with E-state index < -0.39 is 0 Å². The van der Waals surface area contributed by atoms with Crippen molar-refractivity contribution in [2.45, 2.75) is 0 Å². The molecule has 0 heterocycles. The minimum Gasteiger partial charge on any atom is -0.497 e. The summed E-state index contributed by atoms with van der Waals surface area (Å²) in [7, 11) is 1.58. The molecule has 0 atom stereocenters. The van der Waals surface area contributed by atoms with Crippen LogP contribution in [0.15, 0.2) is 34.6 Å². The first-order chi connectivity index (χ1) is 6.36. The van der Waals surface area contributed by atoms with E-state index in [-0.39, 0.29) is 29.6 Å². The van der Waals surface area contributed by atoms with Gasteiger partial charge in [-0.3, -0.25) is 5.11 Å². The quantitative estimate of drug-likeness (QED) is 0.285. The van der Waals surface area contributed by atoms with E-state index in [9.17, 15) is 0 Å². The van der Waals surface area contributed by atoms with Gasteiger partial charge in [-0.2, -0.15) is 5.22 Å². The number of hydrogen-bond donors (Lipinski definition) is 0. The normalized spacial score (nSPS) is 8.86. The Balaban J connectivity index is 0.00000169. The first-order valence-electron chi connectivity index (χ1n) is 3.50. The molecule has 1 aromatic carbocycles. The van der Waals surface area contributed by atoms with Gasteiger partial charge in [-0.25, -0.2) is 5.43 Å². The summed E-state index contributed by atoms with van der Waals surface area (Å²) in [5.41, 5.74) is 3.67. The maximum Gasteiger partial charge on any atom is 1.00 e. The van der Waals surface area contributed by atoms with Crippen molar-refractivity contribution >= 4 is 5.69 Å². The van der Waals surface area contributed by atoms with Crippen LogP contribution in [0.3, 0.4) is 0 Å². The fraction of sp³-hybridized carbons (Fsp3) is 0.125.